The minimum Gasteiger partial charge on any atom is -0.497 e. The van der Waals surface area contributed by atoms with E-state index in [1.165, 1.54) is 11.3 Å². The van der Waals surface area contributed by atoms with Crippen LogP contribution in [0, 0.1) is 6.92 Å². The van der Waals surface area contributed by atoms with Gasteiger partial charge < -0.3 is 15.0 Å². The van der Waals surface area contributed by atoms with Crippen LogP contribution in [0.1, 0.15) is 11.3 Å². The second-order valence-electron chi connectivity index (χ2n) is 6.08. The molecule has 1 N–H and O–H groups in total. The molecule has 1 aromatic heterocycles. The zero-order chi connectivity index (χ0) is 17.2. The van der Waals surface area contributed by atoms with Crippen LogP contribution in [0.15, 0.2) is 54.6 Å². The summed E-state index contributed by atoms with van der Waals surface area (Å²) < 4.78 is 5.28. The van der Waals surface area contributed by atoms with Crippen molar-refractivity contribution in [2.45, 2.75) is 13.3 Å². The molecule has 0 saturated heterocycles. The summed E-state index contributed by atoms with van der Waals surface area (Å²) >= 11 is 0. The molecule has 0 unspecified atom stereocenters. The fraction of sp³-hybridized carbons (Fsp3) is 0.200. The summed E-state index contributed by atoms with van der Waals surface area (Å²) in [5, 5.41) is 3.35. The van der Waals surface area contributed by atoms with Crippen molar-refractivity contribution in [3.8, 4) is 5.75 Å². The summed E-state index contributed by atoms with van der Waals surface area (Å²) in [5.41, 5.74) is 4.40. The first-order valence-corrected chi connectivity index (χ1v) is 8.35. The number of nitrogens with one attached hydrogen (secondary N) is 1. The molecule has 25 heavy (non-hydrogen) atoms. The van der Waals surface area contributed by atoms with E-state index in [0.29, 0.717) is 0 Å². The third kappa shape index (κ3) is 3.13. The number of benzene rings is 2. The van der Waals surface area contributed by atoms with Crippen LogP contribution >= 0.6 is 0 Å². The first-order chi connectivity index (χ1) is 12.2. The molecule has 0 fully saturated rings. The number of nitrogens with zero attached hydrogens (tertiary/aromatic N) is 3. The first-order valence-electron chi connectivity index (χ1n) is 8.35. The molecule has 3 aromatic rings. The van der Waals surface area contributed by atoms with E-state index < -0.39 is 0 Å². The predicted molar refractivity (Wildman–Crippen MR) is 100 cm³/mol. The Balaban J connectivity index is 1.65. The minimum atomic E-state index is 0.732. The highest BCUT2D eigenvalue weighted by molar-refractivity contribution is 5.67. The van der Waals surface area contributed by atoms with Gasteiger partial charge in [-0.2, -0.15) is 4.98 Å². The number of anilines is 4. The molecule has 0 atom stereocenters. The van der Waals surface area contributed by atoms with Crippen molar-refractivity contribution in [2.24, 2.45) is 0 Å². The van der Waals surface area contributed by atoms with Crippen LogP contribution < -0.4 is 15.0 Å². The van der Waals surface area contributed by atoms with E-state index in [0.717, 1.165) is 41.9 Å². The molecule has 0 spiro atoms. The van der Waals surface area contributed by atoms with E-state index in [9.17, 15) is 0 Å². The molecule has 4 rings (SSSR count). The van der Waals surface area contributed by atoms with Gasteiger partial charge in [-0.3, -0.25) is 0 Å². The van der Waals surface area contributed by atoms with Gasteiger partial charge in [-0.05, 0) is 37.1 Å². The Morgan fingerprint density at radius 2 is 1.92 bits per heavy atom. The van der Waals surface area contributed by atoms with Crippen molar-refractivity contribution < 1.29 is 4.74 Å². The Kier molecular flexibility index (Phi) is 3.98. The van der Waals surface area contributed by atoms with Gasteiger partial charge in [0.2, 0.25) is 5.95 Å². The average Bonchev–Trinajstić information content (AvgIpc) is 3.05. The van der Waals surface area contributed by atoms with Crippen LogP contribution in [0.25, 0.3) is 0 Å². The Bertz CT molecular complexity index is 910. The lowest BCUT2D eigenvalue weighted by atomic mass is 10.2. The number of methoxy groups -OCH3 is 1. The van der Waals surface area contributed by atoms with Crippen LogP contribution in [0.2, 0.25) is 0 Å². The lowest BCUT2D eigenvalue weighted by Crippen LogP contribution is -2.17. The van der Waals surface area contributed by atoms with Gasteiger partial charge >= 0.3 is 0 Å². The normalized spacial score (nSPS) is 12.8. The van der Waals surface area contributed by atoms with Crippen molar-refractivity contribution in [2.75, 3.05) is 23.9 Å². The van der Waals surface area contributed by atoms with E-state index in [-0.39, 0.29) is 0 Å². The van der Waals surface area contributed by atoms with Crippen LogP contribution in [0.4, 0.5) is 23.1 Å². The van der Waals surface area contributed by atoms with Gasteiger partial charge in [0.05, 0.1) is 7.11 Å². The largest absolute Gasteiger partial charge is 0.497 e. The van der Waals surface area contributed by atoms with Crippen LogP contribution in [-0.4, -0.2) is 23.6 Å². The number of rotatable bonds is 4. The lowest BCUT2D eigenvalue weighted by molar-refractivity contribution is 0.415. The lowest BCUT2D eigenvalue weighted by Gasteiger charge is -2.18. The van der Waals surface area contributed by atoms with Gasteiger partial charge in [-0.1, -0.05) is 24.3 Å². The fourth-order valence-electron chi connectivity index (χ4n) is 3.13. The molecular formula is C20H20N4O. The SMILES string of the molecule is COc1cccc(Nc2cc(C)nc(N3CCc4ccccc43)n2)c1. The number of aryl methyl sites for hydroxylation is 1. The van der Waals surface area contributed by atoms with Gasteiger partial charge in [0.1, 0.15) is 11.6 Å². The maximum Gasteiger partial charge on any atom is 0.232 e. The molecule has 5 nitrogen and oxygen atoms in total. The third-order valence-electron chi connectivity index (χ3n) is 4.31. The van der Waals surface area contributed by atoms with Crippen molar-refractivity contribution in [3.05, 3.63) is 65.9 Å². The van der Waals surface area contributed by atoms with E-state index in [1.54, 1.807) is 7.11 Å². The quantitative estimate of drug-likeness (QED) is 0.775. The highest BCUT2D eigenvalue weighted by Gasteiger charge is 2.22. The summed E-state index contributed by atoms with van der Waals surface area (Å²) in [6, 6.07) is 18.2. The molecule has 126 valence electrons. The molecule has 1 aliphatic rings. The highest BCUT2D eigenvalue weighted by Crippen LogP contribution is 2.33. The minimum absolute atomic E-state index is 0.732. The van der Waals surface area contributed by atoms with E-state index in [4.69, 9.17) is 9.72 Å². The molecule has 2 heterocycles. The molecule has 2 aromatic carbocycles. The molecule has 5 heteroatoms. The predicted octanol–water partition coefficient (Wildman–Crippen LogP) is 4.23. The second-order valence-corrected chi connectivity index (χ2v) is 6.08. The van der Waals surface area contributed by atoms with Gasteiger partial charge in [0, 0.05) is 35.7 Å². The van der Waals surface area contributed by atoms with Crippen LogP contribution in [-0.2, 0) is 6.42 Å². The zero-order valence-corrected chi connectivity index (χ0v) is 14.4. The third-order valence-corrected chi connectivity index (χ3v) is 4.31. The fourth-order valence-corrected chi connectivity index (χ4v) is 3.13. The highest BCUT2D eigenvalue weighted by atomic mass is 16.5. The van der Waals surface area contributed by atoms with E-state index in [1.807, 2.05) is 37.3 Å². The molecule has 0 bridgehead atoms. The summed E-state index contributed by atoms with van der Waals surface area (Å²) in [5.74, 6) is 2.32. The van der Waals surface area contributed by atoms with Crippen LogP contribution in [0.3, 0.4) is 0 Å². The molecule has 0 amide bonds. The number of aromatic nitrogens is 2. The summed E-state index contributed by atoms with van der Waals surface area (Å²) in [6.45, 7) is 2.89. The molecular weight excluding hydrogens is 312 g/mol. The van der Waals surface area contributed by atoms with Crippen LogP contribution in [0.5, 0.6) is 5.75 Å². The maximum absolute atomic E-state index is 5.28. The molecule has 0 aliphatic carbocycles. The standard InChI is InChI=1S/C20H20N4O/c1-14-12-19(22-16-7-5-8-17(13-16)25-2)23-20(21-14)24-11-10-15-6-3-4-9-18(15)24/h3-9,12-13H,10-11H2,1-2H3,(H,21,22,23). The summed E-state index contributed by atoms with van der Waals surface area (Å²) in [6.07, 6.45) is 1.02. The zero-order valence-electron chi connectivity index (χ0n) is 14.4. The molecule has 0 saturated carbocycles. The van der Waals surface area contributed by atoms with Crippen molar-refractivity contribution >= 4 is 23.1 Å². The van der Waals surface area contributed by atoms with Gasteiger partial charge in [0.15, 0.2) is 0 Å². The van der Waals surface area contributed by atoms with Gasteiger partial charge in [0.25, 0.3) is 0 Å². The van der Waals surface area contributed by atoms with Crippen molar-refractivity contribution in [3.63, 3.8) is 0 Å². The summed E-state index contributed by atoms with van der Waals surface area (Å²) in [4.78, 5) is 11.5. The average molecular weight is 332 g/mol. The Morgan fingerprint density at radius 1 is 1.04 bits per heavy atom. The second kappa shape index (κ2) is 6.43. The summed E-state index contributed by atoms with van der Waals surface area (Å²) in [7, 11) is 1.66. The Hall–Kier alpha value is -3.08. The number of fused-ring (bicyclic) bond motifs is 1. The molecule has 1 aliphatic heterocycles. The number of para-hydroxylation sites is 1. The Morgan fingerprint density at radius 3 is 2.80 bits per heavy atom. The Labute approximate surface area is 147 Å². The number of hydrogen-bond acceptors (Lipinski definition) is 5. The van der Waals surface area contributed by atoms with Gasteiger partial charge in [-0.15, -0.1) is 0 Å². The monoisotopic (exact) mass is 332 g/mol. The topological polar surface area (TPSA) is 50.3 Å². The molecule has 0 radical (unpaired) electrons. The van der Waals surface area contributed by atoms with Gasteiger partial charge in [-0.25, -0.2) is 4.98 Å². The van der Waals surface area contributed by atoms with E-state index in [2.05, 4.69) is 39.5 Å². The first kappa shape index (κ1) is 15.4. The maximum atomic E-state index is 5.28. The number of hydrogen-bond donors (Lipinski definition) is 1. The number of ether oxygens (including phenoxy) is 1. The van der Waals surface area contributed by atoms with E-state index >= 15 is 0 Å². The smallest absolute Gasteiger partial charge is 0.232 e. The van der Waals surface area contributed by atoms with Crippen molar-refractivity contribution in [1.82, 2.24) is 9.97 Å². The van der Waals surface area contributed by atoms with Crippen molar-refractivity contribution in [1.29, 1.82) is 0 Å².